The van der Waals surface area contributed by atoms with Gasteiger partial charge >= 0.3 is 0 Å². The first kappa shape index (κ1) is 16.2. The molecule has 0 spiro atoms. The fourth-order valence-electron chi connectivity index (χ4n) is 1.80. The van der Waals surface area contributed by atoms with Crippen molar-refractivity contribution in [2.75, 3.05) is 12.3 Å². The molecule has 22 heavy (non-hydrogen) atoms. The molecule has 114 valence electrons. The Balaban J connectivity index is 2.01. The summed E-state index contributed by atoms with van der Waals surface area (Å²) < 4.78 is 0. The largest absolute Gasteiger partial charge is 0.343 e. The Morgan fingerprint density at radius 3 is 2.73 bits per heavy atom. The number of aromatic nitrogens is 2. The van der Waals surface area contributed by atoms with Crippen molar-refractivity contribution in [2.45, 2.75) is 18.7 Å². The van der Waals surface area contributed by atoms with Gasteiger partial charge in [0.2, 0.25) is 0 Å². The monoisotopic (exact) mass is 315 g/mol. The highest BCUT2D eigenvalue weighted by Crippen LogP contribution is 2.20. The van der Waals surface area contributed by atoms with Crippen molar-refractivity contribution < 1.29 is 9.59 Å². The number of nitrogens with one attached hydrogen (secondary N) is 1. The van der Waals surface area contributed by atoms with Crippen LogP contribution >= 0.6 is 11.8 Å². The molecule has 0 aliphatic carbocycles. The Labute approximate surface area is 133 Å². The average molecular weight is 315 g/mol. The van der Waals surface area contributed by atoms with Crippen LogP contribution in [0, 0.1) is 6.92 Å². The first-order chi connectivity index (χ1) is 10.6. The van der Waals surface area contributed by atoms with Crippen LogP contribution in [0.3, 0.4) is 0 Å². The molecule has 2 aromatic heterocycles. The standard InChI is InChI=1S/C16H17N3O2S/c1-3-22-14-5-4-8-17-15(14)16(21)19-10-13(20)12-7-6-11(2)9-18-12/h4-9H,3,10H2,1-2H3,(H,19,21). The van der Waals surface area contributed by atoms with E-state index in [2.05, 4.69) is 15.3 Å². The molecule has 1 amide bonds. The highest BCUT2D eigenvalue weighted by atomic mass is 32.2. The van der Waals surface area contributed by atoms with E-state index in [0.717, 1.165) is 16.2 Å². The van der Waals surface area contributed by atoms with Gasteiger partial charge in [0.15, 0.2) is 5.78 Å². The molecular weight excluding hydrogens is 298 g/mol. The van der Waals surface area contributed by atoms with Gasteiger partial charge in [-0.3, -0.25) is 14.6 Å². The summed E-state index contributed by atoms with van der Waals surface area (Å²) in [5.74, 6) is 0.268. The molecule has 2 heterocycles. The maximum Gasteiger partial charge on any atom is 0.271 e. The number of amides is 1. The molecule has 0 radical (unpaired) electrons. The van der Waals surface area contributed by atoms with E-state index in [1.807, 2.05) is 26.0 Å². The minimum absolute atomic E-state index is 0.0955. The molecule has 5 nitrogen and oxygen atoms in total. The van der Waals surface area contributed by atoms with Crippen molar-refractivity contribution in [3.8, 4) is 0 Å². The summed E-state index contributed by atoms with van der Waals surface area (Å²) in [6, 6.07) is 7.11. The number of aryl methyl sites for hydroxylation is 1. The molecule has 2 rings (SSSR count). The van der Waals surface area contributed by atoms with Gasteiger partial charge in [0.1, 0.15) is 11.4 Å². The van der Waals surface area contributed by atoms with Crippen molar-refractivity contribution in [3.05, 3.63) is 53.6 Å². The van der Waals surface area contributed by atoms with E-state index in [0.29, 0.717) is 11.4 Å². The van der Waals surface area contributed by atoms with Crippen molar-refractivity contribution >= 4 is 23.5 Å². The van der Waals surface area contributed by atoms with Gasteiger partial charge in [0.05, 0.1) is 6.54 Å². The van der Waals surface area contributed by atoms with E-state index >= 15 is 0 Å². The molecule has 0 atom stereocenters. The lowest BCUT2D eigenvalue weighted by atomic mass is 10.2. The van der Waals surface area contributed by atoms with Crippen LogP contribution in [-0.4, -0.2) is 34.0 Å². The van der Waals surface area contributed by atoms with Gasteiger partial charge in [-0.2, -0.15) is 0 Å². The number of Topliss-reactive ketones (excluding diaryl/α,β-unsaturated/α-hetero) is 1. The maximum atomic E-state index is 12.2. The zero-order chi connectivity index (χ0) is 15.9. The number of thioether (sulfide) groups is 1. The fourth-order valence-corrected chi connectivity index (χ4v) is 2.57. The second-order valence-corrected chi connectivity index (χ2v) is 5.92. The fraction of sp³-hybridized carbons (Fsp3) is 0.250. The lowest BCUT2D eigenvalue weighted by Crippen LogP contribution is -2.30. The molecule has 0 aliphatic heterocycles. The van der Waals surface area contributed by atoms with Crippen molar-refractivity contribution in [3.63, 3.8) is 0 Å². The summed E-state index contributed by atoms with van der Waals surface area (Å²) in [6.07, 6.45) is 3.20. The van der Waals surface area contributed by atoms with E-state index in [9.17, 15) is 9.59 Å². The van der Waals surface area contributed by atoms with Crippen molar-refractivity contribution in [2.24, 2.45) is 0 Å². The van der Waals surface area contributed by atoms with Gasteiger partial charge in [-0.25, -0.2) is 4.98 Å². The predicted molar refractivity (Wildman–Crippen MR) is 86.3 cm³/mol. The summed E-state index contributed by atoms with van der Waals surface area (Å²) in [5.41, 5.74) is 1.67. The molecule has 0 bridgehead atoms. The summed E-state index contributed by atoms with van der Waals surface area (Å²) >= 11 is 1.54. The molecule has 6 heteroatoms. The summed E-state index contributed by atoms with van der Waals surface area (Å²) in [7, 11) is 0. The van der Waals surface area contributed by atoms with Crippen LogP contribution in [0.2, 0.25) is 0 Å². The Morgan fingerprint density at radius 1 is 1.23 bits per heavy atom. The minimum Gasteiger partial charge on any atom is -0.343 e. The Hall–Kier alpha value is -2.21. The number of carbonyl (C=O) groups is 2. The molecule has 0 fully saturated rings. The van der Waals surface area contributed by atoms with Crippen molar-refractivity contribution in [1.29, 1.82) is 0 Å². The normalized spacial score (nSPS) is 10.3. The summed E-state index contributed by atoms with van der Waals surface area (Å²) in [6.45, 7) is 3.81. The zero-order valence-electron chi connectivity index (χ0n) is 12.5. The third-order valence-corrected chi connectivity index (χ3v) is 3.82. The third kappa shape index (κ3) is 4.14. The molecule has 0 aliphatic rings. The molecule has 0 saturated heterocycles. The van der Waals surface area contributed by atoms with E-state index in [4.69, 9.17) is 0 Å². The van der Waals surface area contributed by atoms with Gasteiger partial charge in [-0.15, -0.1) is 11.8 Å². The lowest BCUT2D eigenvalue weighted by Gasteiger charge is -2.07. The smallest absolute Gasteiger partial charge is 0.271 e. The van der Waals surface area contributed by atoms with E-state index < -0.39 is 0 Å². The Bertz CT molecular complexity index is 671. The quantitative estimate of drug-likeness (QED) is 0.655. The van der Waals surface area contributed by atoms with Crippen LogP contribution in [0.4, 0.5) is 0 Å². The maximum absolute atomic E-state index is 12.2. The molecule has 0 unspecified atom stereocenters. The Morgan fingerprint density at radius 2 is 2.05 bits per heavy atom. The van der Waals surface area contributed by atoms with Crippen LogP contribution < -0.4 is 5.32 Å². The van der Waals surface area contributed by atoms with Crippen LogP contribution in [0.25, 0.3) is 0 Å². The van der Waals surface area contributed by atoms with Gasteiger partial charge in [-0.05, 0) is 36.4 Å². The van der Waals surface area contributed by atoms with Crippen molar-refractivity contribution in [1.82, 2.24) is 15.3 Å². The topological polar surface area (TPSA) is 72.0 Å². The number of nitrogens with zero attached hydrogens (tertiary/aromatic N) is 2. The van der Waals surface area contributed by atoms with E-state index in [1.165, 1.54) is 0 Å². The molecule has 0 aromatic carbocycles. The van der Waals surface area contributed by atoms with Gasteiger partial charge in [-0.1, -0.05) is 13.0 Å². The molecule has 2 aromatic rings. The zero-order valence-corrected chi connectivity index (χ0v) is 13.3. The minimum atomic E-state index is -0.350. The van der Waals surface area contributed by atoms with Gasteiger partial charge in [0, 0.05) is 17.3 Å². The first-order valence-corrected chi connectivity index (χ1v) is 7.92. The average Bonchev–Trinajstić information content (AvgIpc) is 2.54. The van der Waals surface area contributed by atoms with E-state index in [1.54, 1.807) is 36.3 Å². The van der Waals surface area contributed by atoms with Crippen LogP contribution in [0.15, 0.2) is 41.6 Å². The van der Waals surface area contributed by atoms with Crippen LogP contribution in [0.5, 0.6) is 0 Å². The highest BCUT2D eigenvalue weighted by Gasteiger charge is 2.15. The SMILES string of the molecule is CCSc1cccnc1C(=O)NCC(=O)c1ccc(C)cn1. The van der Waals surface area contributed by atoms with Gasteiger partial charge in [0.25, 0.3) is 5.91 Å². The second-order valence-electron chi connectivity index (χ2n) is 4.61. The molecule has 0 saturated carbocycles. The number of rotatable bonds is 6. The third-order valence-electron chi connectivity index (χ3n) is 2.89. The first-order valence-electron chi connectivity index (χ1n) is 6.93. The lowest BCUT2D eigenvalue weighted by molar-refractivity contribution is 0.0897. The number of carbonyl (C=O) groups excluding carboxylic acids is 2. The number of ketones is 1. The number of hydrogen-bond donors (Lipinski definition) is 1. The molecule has 1 N–H and O–H groups in total. The number of pyridine rings is 2. The summed E-state index contributed by atoms with van der Waals surface area (Å²) in [4.78, 5) is 33.1. The number of hydrogen-bond acceptors (Lipinski definition) is 5. The van der Waals surface area contributed by atoms with E-state index in [-0.39, 0.29) is 18.2 Å². The van der Waals surface area contributed by atoms with Crippen LogP contribution in [0.1, 0.15) is 33.5 Å². The predicted octanol–water partition coefficient (Wildman–Crippen LogP) is 2.51. The molecular formula is C16H17N3O2S. The van der Waals surface area contributed by atoms with Gasteiger partial charge < -0.3 is 5.32 Å². The Kier molecular flexibility index (Phi) is 5.66. The second kappa shape index (κ2) is 7.70. The summed E-state index contributed by atoms with van der Waals surface area (Å²) in [5, 5.41) is 2.61. The highest BCUT2D eigenvalue weighted by molar-refractivity contribution is 7.99. The van der Waals surface area contributed by atoms with Crippen LogP contribution in [-0.2, 0) is 0 Å².